The van der Waals surface area contributed by atoms with Crippen LogP contribution in [0.1, 0.15) is 34.8 Å². The van der Waals surface area contributed by atoms with E-state index in [-0.39, 0.29) is 17.6 Å². The van der Waals surface area contributed by atoms with Crippen molar-refractivity contribution in [1.82, 2.24) is 14.9 Å². The van der Waals surface area contributed by atoms with Crippen molar-refractivity contribution in [3.8, 4) is 11.5 Å². The number of aromatic nitrogens is 2. The molecule has 1 aliphatic rings. The maximum Gasteiger partial charge on any atom is 0.257 e. The molecule has 0 radical (unpaired) electrons. The number of carbonyl (C=O) groups is 1. The van der Waals surface area contributed by atoms with Crippen molar-refractivity contribution >= 4 is 17.5 Å². The Labute approximate surface area is 186 Å². The van der Waals surface area contributed by atoms with Crippen molar-refractivity contribution in [2.24, 2.45) is 0 Å². The Kier molecular flexibility index (Phi) is 6.49. The number of halogens is 1. The summed E-state index contributed by atoms with van der Waals surface area (Å²) in [5.41, 5.74) is 1.93. The van der Waals surface area contributed by atoms with Gasteiger partial charge in [-0.15, -0.1) is 0 Å². The van der Waals surface area contributed by atoms with Gasteiger partial charge in [0.2, 0.25) is 5.95 Å². The largest absolute Gasteiger partial charge is 0.497 e. The molecule has 32 heavy (non-hydrogen) atoms. The molecule has 3 aromatic rings. The number of nitrogens with one attached hydrogen (secondary N) is 1. The molecule has 1 aliphatic heterocycles. The van der Waals surface area contributed by atoms with Crippen LogP contribution in [0.2, 0.25) is 0 Å². The Hall–Kier alpha value is -3.68. The summed E-state index contributed by atoms with van der Waals surface area (Å²) in [7, 11) is 3.11. The summed E-state index contributed by atoms with van der Waals surface area (Å²) in [4.78, 5) is 23.9. The van der Waals surface area contributed by atoms with E-state index in [0.29, 0.717) is 41.8 Å². The molecule has 2 aromatic carbocycles. The topological polar surface area (TPSA) is 76.6 Å². The fourth-order valence-corrected chi connectivity index (χ4v) is 3.90. The van der Waals surface area contributed by atoms with E-state index in [2.05, 4.69) is 15.3 Å². The van der Waals surface area contributed by atoms with Crippen LogP contribution in [0.25, 0.3) is 0 Å². The van der Waals surface area contributed by atoms with Gasteiger partial charge in [0.05, 0.1) is 25.5 Å². The predicted molar refractivity (Wildman–Crippen MR) is 119 cm³/mol. The molecule has 1 atom stereocenters. The highest BCUT2D eigenvalue weighted by molar-refractivity contribution is 5.97. The molecule has 0 saturated carbocycles. The molecular weight excluding hydrogens is 411 g/mol. The van der Waals surface area contributed by atoms with Crippen LogP contribution in [0.15, 0.2) is 54.7 Å². The first kappa shape index (κ1) is 21.5. The molecule has 1 amide bonds. The van der Waals surface area contributed by atoms with Crippen molar-refractivity contribution in [2.45, 2.75) is 18.8 Å². The van der Waals surface area contributed by atoms with Crippen LogP contribution in [0.5, 0.6) is 11.5 Å². The monoisotopic (exact) mass is 436 g/mol. The lowest BCUT2D eigenvalue weighted by Gasteiger charge is -2.33. The SMILES string of the molecule is COc1ccc(C(=O)N2CCC[C@H](c3ccnc(Nc4cccc(F)c4)n3)C2)c(OC)c1. The predicted octanol–water partition coefficient (Wildman–Crippen LogP) is 4.40. The van der Waals surface area contributed by atoms with Gasteiger partial charge in [-0.1, -0.05) is 6.07 Å². The third kappa shape index (κ3) is 4.80. The van der Waals surface area contributed by atoms with Crippen LogP contribution in [0, 0.1) is 5.82 Å². The van der Waals surface area contributed by atoms with Crippen molar-refractivity contribution in [3.05, 3.63) is 71.8 Å². The van der Waals surface area contributed by atoms with Crippen LogP contribution in [-0.2, 0) is 0 Å². The fourth-order valence-electron chi connectivity index (χ4n) is 3.90. The molecule has 0 spiro atoms. The Balaban J connectivity index is 1.50. The van der Waals surface area contributed by atoms with E-state index in [0.717, 1.165) is 18.5 Å². The van der Waals surface area contributed by atoms with Crippen molar-refractivity contribution in [3.63, 3.8) is 0 Å². The summed E-state index contributed by atoms with van der Waals surface area (Å²) in [6.07, 6.45) is 3.46. The maximum absolute atomic E-state index is 13.5. The summed E-state index contributed by atoms with van der Waals surface area (Å²) >= 11 is 0. The average molecular weight is 436 g/mol. The summed E-state index contributed by atoms with van der Waals surface area (Å²) in [6.45, 7) is 1.22. The number of nitrogens with zero attached hydrogens (tertiary/aromatic N) is 3. The number of anilines is 2. The van der Waals surface area contributed by atoms with Gasteiger partial charge in [0, 0.05) is 37.0 Å². The van der Waals surface area contributed by atoms with Gasteiger partial charge in [-0.05, 0) is 49.2 Å². The van der Waals surface area contributed by atoms with E-state index in [1.54, 1.807) is 50.7 Å². The molecule has 0 unspecified atom stereocenters. The van der Waals surface area contributed by atoms with E-state index in [4.69, 9.17) is 9.47 Å². The first-order valence-corrected chi connectivity index (χ1v) is 10.4. The number of ether oxygens (including phenoxy) is 2. The summed E-state index contributed by atoms with van der Waals surface area (Å²) in [5, 5.41) is 3.04. The zero-order chi connectivity index (χ0) is 22.5. The quantitative estimate of drug-likeness (QED) is 0.617. The molecule has 8 heteroatoms. The second kappa shape index (κ2) is 9.64. The molecule has 4 rings (SSSR count). The van der Waals surface area contributed by atoms with E-state index in [1.165, 1.54) is 12.1 Å². The molecule has 2 heterocycles. The molecule has 1 fully saturated rings. The van der Waals surface area contributed by atoms with Crippen LogP contribution in [-0.4, -0.2) is 48.1 Å². The third-order valence-corrected chi connectivity index (χ3v) is 5.52. The van der Waals surface area contributed by atoms with Gasteiger partial charge in [0.25, 0.3) is 5.91 Å². The number of amides is 1. The number of piperidine rings is 1. The molecule has 0 bridgehead atoms. The number of methoxy groups -OCH3 is 2. The van der Waals surface area contributed by atoms with Crippen LogP contribution in [0.3, 0.4) is 0 Å². The smallest absolute Gasteiger partial charge is 0.257 e. The van der Waals surface area contributed by atoms with Crippen molar-refractivity contribution in [2.75, 3.05) is 32.6 Å². The van der Waals surface area contributed by atoms with Crippen molar-refractivity contribution < 1.29 is 18.7 Å². The zero-order valence-electron chi connectivity index (χ0n) is 18.0. The number of hydrogen-bond acceptors (Lipinski definition) is 6. The minimum atomic E-state index is -0.332. The van der Waals surface area contributed by atoms with Crippen LogP contribution >= 0.6 is 0 Å². The fraction of sp³-hybridized carbons (Fsp3) is 0.292. The van der Waals surface area contributed by atoms with E-state index >= 15 is 0 Å². The van der Waals surface area contributed by atoms with E-state index in [1.807, 2.05) is 11.0 Å². The normalized spacial score (nSPS) is 15.8. The lowest BCUT2D eigenvalue weighted by molar-refractivity contribution is 0.0702. The number of rotatable bonds is 6. The van der Waals surface area contributed by atoms with Crippen molar-refractivity contribution in [1.29, 1.82) is 0 Å². The minimum Gasteiger partial charge on any atom is -0.497 e. The highest BCUT2D eigenvalue weighted by Crippen LogP contribution is 2.30. The first-order chi connectivity index (χ1) is 15.6. The summed E-state index contributed by atoms with van der Waals surface area (Å²) in [6, 6.07) is 13.2. The molecule has 1 saturated heterocycles. The first-order valence-electron chi connectivity index (χ1n) is 10.4. The number of benzene rings is 2. The molecule has 166 valence electrons. The van der Waals surface area contributed by atoms with Gasteiger partial charge >= 0.3 is 0 Å². The molecule has 7 nitrogen and oxygen atoms in total. The minimum absolute atomic E-state index is 0.0769. The Morgan fingerprint density at radius 2 is 2.03 bits per heavy atom. The standard InChI is InChI=1S/C24H25FN4O3/c1-31-19-8-9-20(22(14-19)32-2)23(30)29-12-4-5-16(15-29)21-10-11-26-24(28-21)27-18-7-3-6-17(25)13-18/h3,6-11,13-14,16H,4-5,12,15H2,1-2H3,(H,26,27,28)/t16-/m0/s1. The van der Waals surface area contributed by atoms with Gasteiger partial charge < -0.3 is 19.7 Å². The maximum atomic E-state index is 13.5. The summed E-state index contributed by atoms with van der Waals surface area (Å²) < 4.78 is 24.1. The van der Waals surface area contributed by atoms with Gasteiger partial charge in [0.1, 0.15) is 17.3 Å². The van der Waals surface area contributed by atoms with Gasteiger partial charge in [0.15, 0.2) is 0 Å². The third-order valence-electron chi connectivity index (χ3n) is 5.52. The highest BCUT2D eigenvalue weighted by atomic mass is 19.1. The number of hydrogen-bond donors (Lipinski definition) is 1. The van der Waals surface area contributed by atoms with Crippen LogP contribution in [0.4, 0.5) is 16.0 Å². The highest BCUT2D eigenvalue weighted by Gasteiger charge is 2.28. The van der Waals surface area contributed by atoms with Gasteiger partial charge in [-0.25, -0.2) is 14.4 Å². The van der Waals surface area contributed by atoms with Crippen LogP contribution < -0.4 is 14.8 Å². The second-order valence-electron chi connectivity index (χ2n) is 7.60. The molecule has 1 aromatic heterocycles. The number of carbonyl (C=O) groups excluding carboxylic acids is 1. The Morgan fingerprint density at radius 3 is 2.81 bits per heavy atom. The number of likely N-dealkylation sites (tertiary alicyclic amines) is 1. The molecular formula is C24H25FN4O3. The summed E-state index contributed by atoms with van der Waals surface area (Å²) in [5.74, 6) is 1.18. The van der Waals surface area contributed by atoms with Gasteiger partial charge in [-0.3, -0.25) is 4.79 Å². The van der Waals surface area contributed by atoms with Gasteiger partial charge in [-0.2, -0.15) is 0 Å². The second-order valence-corrected chi connectivity index (χ2v) is 7.60. The molecule has 1 N–H and O–H groups in total. The lowest BCUT2D eigenvalue weighted by atomic mass is 9.94. The zero-order valence-corrected chi connectivity index (χ0v) is 18.0. The lowest BCUT2D eigenvalue weighted by Crippen LogP contribution is -2.39. The molecule has 0 aliphatic carbocycles. The average Bonchev–Trinajstić information content (AvgIpc) is 2.83. The van der Waals surface area contributed by atoms with E-state index in [9.17, 15) is 9.18 Å². The Bertz CT molecular complexity index is 1110. The Morgan fingerprint density at radius 1 is 1.16 bits per heavy atom. The van der Waals surface area contributed by atoms with E-state index < -0.39 is 0 Å².